The van der Waals surface area contributed by atoms with E-state index < -0.39 is 0 Å². The van der Waals surface area contributed by atoms with Crippen molar-refractivity contribution in [3.63, 3.8) is 0 Å². The molecule has 0 unspecified atom stereocenters. The van der Waals surface area contributed by atoms with Gasteiger partial charge in [-0.15, -0.1) is 0 Å². The van der Waals surface area contributed by atoms with E-state index in [1.165, 1.54) is 57.8 Å². The monoisotopic (exact) mass is 332 g/mol. The molecule has 4 rings (SSSR count). The van der Waals surface area contributed by atoms with Crippen LogP contribution in [0.25, 0.3) is 0 Å². The van der Waals surface area contributed by atoms with Crippen LogP contribution in [-0.4, -0.2) is 10.4 Å². The normalized spacial score (nSPS) is 48.9. The first-order chi connectivity index (χ1) is 10.9. The largest absolute Gasteiger partial charge is 0.288 e. The van der Waals surface area contributed by atoms with Crippen LogP contribution in [0.1, 0.15) is 78.6 Å². The van der Waals surface area contributed by atoms with Gasteiger partial charge in [0.15, 0.2) is 5.12 Å². The van der Waals surface area contributed by atoms with Crippen LogP contribution in [-0.2, 0) is 4.79 Å². The molecule has 0 aromatic rings. The molecule has 0 bridgehead atoms. The maximum Gasteiger partial charge on any atom is 0.186 e. The third-order valence-corrected chi connectivity index (χ3v) is 9.24. The van der Waals surface area contributed by atoms with Crippen molar-refractivity contribution in [2.45, 2.75) is 83.8 Å². The fourth-order valence-electron chi connectivity index (χ4n) is 7.01. The highest BCUT2D eigenvalue weighted by molar-refractivity contribution is 8.14. The van der Waals surface area contributed by atoms with Gasteiger partial charge in [0, 0.05) is 12.2 Å². The van der Waals surface area contributed by atoms with E-state index in [-0.39, 0.29) is 0 Å². The number of hydrogen-bond donors (Lipinski definition) is 0. The topological polar surface area (TPSA) is 17.1 Å². The molecule has 0 amide bonds. The van der Waals surface area contributed by atoms with Gasteiger partial charge in [-0.1, -0.05) is 43.7 Å². The maximum atomic E-state index is 11.9. The van der Waals surface area contributed by atoms with Gasteiger partial charge in [0.1, 0.15) is 0 Å². The Morgan fingerprint density at radius 2 is 1.96 bits per heavy atom. The van der Waals surface area contributed by atoms with Gasteiger partial charge in [0.25, 0.3) is 0 Å². The lowest BCUT2D eigenvalue weighted by molar-refractivity contribution is -0.109. The number of rotatable bonds is 1. The van der Waals surface area contributed by atoms with Crippen LogP contribution < -0.4 is 0 Å². The second-order valence-electron chi connectivity index (χ2n) is 9.27. The van der Waals surface area contributed by atoms with Crippen molar-refractivity contribution in [1.29, 1.82) is 0 Å². The molecule has 0 aromatic carbocycles. The van der Waals surface area contributed by atoms with Gasteiger partial charge < -0.3 is 0 Å². The standard InChI is InChI=1S/C21H32OS/c1-14(22)23-18-13-15-7-4-5-11-21(15,3)17-9-12-20(2)10-6-8-16(20)19(17)18/h7,16-19H,4-6,8-13H2,1-3H3/t16-,17-,18+,19-,20-,21-/m0/s1. The Morgan fingerprint density at radius 3 is 2.74 bits per heavy atom. The second-order valence-corrected chi connectivity index (χ2v) is 10.7. The van der Waals surface area contributed by atoms with Gasteiger partial charge >= 0.3 is 0 Å². The molecular formula is C21H32OS. The summed E-state index contributed by atoms with van der Waals surface area (Å²) in [5.74, 6) is 2.49. The Balaban J connectivity index is 1.74. The molecule has 4 aliphatic carbocycles. The van der Waals surface area contributed by atoms with Gasteiger partial charge in [-0.25, -0.2) is 0 Å². The number of thioether (sulfide) groups is 1. The molecule has 23 heavy (non-hydrogen) atoms. The number of fused-ring (bicyclic) bond motifs is 5. The first kappa shape index (κ1) is 16.2. The van der Waals surface area contributed by atoms with Crippen LogP contribution >= 0.6 is 11.8 Å². The zero-order chi connectivity index (χ0) is 16.2. The Hall–Kier alpha value is -0.240. The van der Waals surface area contributed by atoms with Crippen molar-refractivity contribution in [3.05, 3.63) is 11.6 Å². The summed E-state index contributed by atoms with van der Waals surface area (Å²) in [6.07, 6.45) is 14.9. The molecule has 6 atom stereocenters. The van der Waals surface area contributed by atoms with E-state index in [9.17, 15) is 4.79 Å². The van der Waals surface area contributed by atoms with Crippen molar-refractivity contribution in [2.75, 3.05) is 0 Å². The summed E-state index contributed by atoms with van der Waals surface area (Å²) in [4.78, 5) is 11.9. The maximum absolute atomic E-state index is 11.9. The summed E-state index contributed by atoms with van der Waals surface area (Å²) >= 11 is 1.68. The Labute approximate surface area is 146 Å². The Morgan fingerprint density at radius 1 is 1.13 bits per heavy atom. The minimum atomic E-state index is 0.332. The Kier molecular flexibility index (Phi) is 3.99. The van der Waals surface area contributed by atoms with E-state index in [1.54, 1.807) is 24.3 Å². The average molecular weight is 333 g/mol. The van der Waals surface area contributed by atoms with Crippen LogP contribution in [0.5, 0.6) is 0 Å². The van der Waals surface area contributed by atoms with E-state index in [2.05, 4.69) is 19.9 Å². The molecule has 1 nitrogen and oxygen atoms in total. The van der Waals surface area contributed by atoms with Gasteiger partial charge in [-0.05, 0) is 80.0 Å². The zero-order valence-electron chi connectivity index (χ0n) is 15.1. The molecule has 0 aromatic heterocycles. The second kappa shape index (κ2) is 5.64. The van der Waals surface area contributed by atoms with Gasteiger partial charge in [0.05, 0.1) is 0 Å². The minimum Gasteiger partial charge on any atom is -0.288 e. The molecule has 0 spiro atoms. The van der Waals surface area contributed by atoms with Crippen molar-refractivity contribution < 1.29 is 4.79 Å². The summed E-state index contributed by atoms with van der Waals surface area (Å²) < 4.78 is 0. The van der Waals surface area contributed by atoms with Gasteiger partial charge in [-0.2, -0.15) is 0 Å². The molecule has 3 saturated carbocycles. The predicted octanol–water partition coefficient (Wildman–Crippen LogP) is 5.99. The van der Waals surface area contributed by atoms with E-state index >= 15 is 0 Å². The first-order valence-electron chi connectivity index (χ1n) is 9.81. The fourth-order valence-corrected chi connectivity index (χ4v) is 8.24. The number of allylic oxidation sites excluding steroid dienone is 2. The van der Waals surface area contributed by atoms with Crippen LogP contribution in [0.3, 0.4) is 0 Å². The molecule has 4 aliphatic rings. The zero-order valence-corrected chi connectivity index (χ0v) is 15.9. The van der Waals surface area contributed by atoms with E-state index in [4.69, 9.17) is 0 Å². The van der Waals surface area contributed by atoms with E-state index in [1.807, 2.05) is 0 Å². The molecule has 0 N–H and O–H groups in total. The van der Waals surface area contributed by atoms with Crippen molar-refractivity contribution in [1.82, 2.24) is 0 Å². The highest BCUT2D eigenvalue weighted by Gasteiger charge is 2.58. The van der Waals surface area contributed by atoms with Crippen LogP contribution in [0, 0.1) is 28.6 Å². The van der Waals surface area contributed by atoms with Crippen molar-refractivity contribution in [3.8, 4) is 0 Å². The molecule has 128 valence electrons. The molecule has 3 fully saturated rings. The summed E-state index contributed by atoms with van der Waals surface area (Å²) in [6.45, 7) is 6.91. The fraction of sp³-hybridized carbons (Fsp3) is 0.857. The highest BCUT2D eigenvalue weighted by Crippen LogP contribution is 2.66. The molecule has 0 saturated heterocycles. The predicted molar refractivity (Wildman–Crippen MR) is 98.4 cm³/mol. The molecule has 0 aliphatic heterocycles. The van der Waals surface area contributed by atoms with Crippen molar-refractivity contribution in [2.24, 2.45) is 28.6 Å². The summed E-state index contributed by atoms with van der Waals surface area (Å²) in [5.41, 5.74) is 2.73. The lowest BCUT2D eigenvalue weighted by Gasteiger charge is -2.59. The summed E-state index contributed by atoms with van der Waals surface area (Å²) in [7, 11) is 0. The SMILES string of the molecule is CC(=O)S[C@@H]1CC2=CCCC[C@]2(C)[C@H]2CC[C@]3(C)CCC[C@H]3[C@H]12. The van der Waals surface area contributed by atoms with Gasteiger partial charge in [-0.3, -0.25) is 4.79 Å². The molecule has 0 radical (unpaired) electrons. The average Bonchev–Trinajstić information content (AvgIpc) is 2.88. The lowest BCUT2D eigenvalue weighted by Crippen LogP contribution is -2.53. The number of carbonyl (C=O) groups is 1. The van der Waals surface area contributed by atoms with E-state index in [0.717, 1.165) is 17.8 Å². The molecular weight excluding hydrogens is 300 g/mol. The highest BCUT2D eigenvalue weighted by atomic mass is 32.2. The minimum absolute atomic E-state index is 0.332. The first-order valence-corrected chi connectivity index (χ1v) is 10.7. The summed E-state index contributed by atoms with van der Waals surface area (Å²) in [5, 5.41) is 0.886. The molecule has 2 heteroatoms. The lowest BCUT2D eigenvalue weighted by atomic mass is 9.47. The number of hydrogen-bond acceptors (Lipinski definition) is 2. The third-order valence-electron chi connectivity index (χ3n) is 8.12. The van der Waals surface area contributed by atoms with Gasteiger partial charge in [0.2, 0.25) is 0 Å². The quantitative estimate of drug-likeness (QED) is 0.549. The number of carbonyl (C=O) groups excluding carboxylic acids is 1. The Bertz CT molecular complexity index is 538. The smallest absolute Gasteiger partial charge is 0.186 e. The summed E-state index contributed by atoms with van der Waals surface area (Å²) in [6, 6.07) is 0. The van der Waals surface area contributed by atoms with E-state index in [0.29, 0.717) is 21.2 Å². The van der Waals surface area contributed by atoms with Crippen LogP contribution in [0.4, 0.5) is 0 Å². The van der Waals surface area contributed by atoms with Crippen LogP contribution in [0.2, 0.25) is 0 Å². The molecule has 0 heterocycles. The van der Waals surface area contributed by atoms with Crippen molar-refractivity contribution >= 4 is 16.9 Å². The van der Waals surface area contributed by atoms with Crippen LogP contribution in [0.15, 0.2) is 11.6 Å². The third kappa shape index (κ3) is 2.46.